The van der Waals surface area contributed by atoms with Crippen LogP contribution >= 0.6 is 0 Å². The average Bonchev–Trinajstić information content (AvgIpc) is 3.72. The number of rotatable bonds is 7. The van der Waals surface area contributed by atoms with Crippen molar-refractivity contribution in [2.24, 2.45) is 0 Å². The van der Waals surface area contributed by atoms with Crippen molar-refractivity contribution in [1.29, 1.82) is 0 Å². The normalized spacial score (nSPS) is 11.6. The van der Waals surface area contributed by atoms with Crippen LogP contribution in [0.5, 0.6) is 0 Å². The summed E-state index contributed by atoms with van der Waals surface area (Å²) < 4.78 is 6.74. The Morgan fingerprint density at radius 3 is 1.33 bits per heavy atom. The van der Waals surface area contributed by atoms with E-state index < -0.39 is 0 Å². The topological polar surface area (TPSA) is 19.6 Å². The fraction of sp³-hybridized carbons (Fsp3) is 0. The highest BCUT2D eigenvalue weighted by Crippen LogP contribution is 2.50. The maximum Gasteiger partial charge on any atom is 0.138 e. The van der Waals surface area contributed by atoms with Gasteiger partial charge in [0, 0.05) is 55.7 Å². The molecule has 1 heterocycles. The molecule has 61 heavy (non-hydrogen) atoms. The lowest BCUT2D eigenvalue weighted by Crippen LogP contribution is -2.11. The molecule has 0 N–H and O–H groups in total. The molecule has 0 fully saturated rings. The zero-order chi connectivity index (χ0) is 40.3. The molecule has 0 bridgehead atoms. The highest BCUT2D eigenvalue weighted by Gasteiger charge is 2.24. The number of para-hydroxylation sites is 3. The lowest BCUT2D eigenvalue weighted by Gasteiger charge is -2.29. The van der Waals surface area contributed by atoms with Gasteiger partial charge in [-0.2, -0.15) is 0 Å². The van der Waals surface area contributed by atoms with Crippen molar-refractivity contribution in [2.75, 3.05) is 9.80 Å². The first-order chi connectivity index (χ1) is 30.3. The lowest BCUT2D eigenvalue weighted by molar-refractivity contribution is 0.669. The van der Waals surface area contributed by atoms with Gasteiger partial charge in [0.1, 0.15) is 11.2 Å². The van der Waals surface area contributed by atoms with Gasteiger partial charge in [-0.15, -0.1) is 0 Å². The van der Waals surface area contributed by atoms with Gasteiger partial charge in [-0.05, 0) is 92.7 Å². The molecule has 0 spiro atoms. The molecule has 12 rings (SSSR count). The molecule has 3 nitrogen and oxygen atoms in total. The minimum atomic E-state index is 0.871. The van der Waals surface area contributed by atoms with Crippen LogP contribution in [0.4, 0.5) is 34.1 Å². The quantitative estimate of drug-likeness (QED) is 0.150. The van der Waals surface area contributed by atoms with Crippen molar-refractivity contribution < 1.29 is 4.42 Å². The van der Waals surface area contributed by atoms with Crippen LogP contribution < -0.4 is 9.80 Å². The molecular weight excluding hydrogens is 741 g/mol. The van der Waals surface area contributed by atoms with Crippen molar-refractivity contribution >= 4 is 99.2 Å². The van der Waals surface area contributed by atoms with E-state index >= 15 is 0 Å². The summed E-state index contributed by atoms with van der Waals surface area (Å²) >= 11 is 0. The van der Waals surface area contributed by atoms with Gasteiger partial charge in [-0.3, -0.25) is 0 Å². The minimum absolute atomic E-state index is 0.871. The molecule has 1 aromatic heterocycles. The highest BCUT2D eigenvalue weighted by atomic mass is 16.3. The number of anilines is 6. The molecule has 0 aliphatic carbocycles. The summed E-state index contributed by atoms with van der Waals surface area (Å²) in [6, 6.07) is 82.8. The standard InChI is InChI=1S/C58H38N2O/c1-4-19-41(20-5-1)59(52-38-54-57(47-27-13-12-26-46(47)52)56-45-25-11-10-18-39(45)34-37-53(56)61-54)44-35-32-40(33-36-44)55-48-28-14-16-30-50(48)58(51-31-17-15-29-49(51)55)60(42-21-6-2-7-22-42)43-23-8-3-9-24-43/h1-38H. The summed E-state index contributed by atoms with van der Waals surface area (Å²) in [4.78, 5) is 4.77. The van der Waals surface area contributed by atoms with Gasteiger partial charge in [-0.1, -0.05) is 170 Å². The van der Waals surface area contributed by atoms with E-state index in [0.717, 1.165) is 61.3 Å². The second-order valence-electron chi connectivity index (χ2n) is 15.6. The smallest absolute Gasteiger partial charge is 0.138 e. The van der Waals surface area contributed by atoms with E-state index in [-0.39, 0.29) is 0 Å². The molecular formula is C58H38N2O. The zero-order valence-electron chi connectivity index (χ0n) is 33.2. The third-order valence-corrected chi connectivity index (χ3v) is 12.2. The van der Waals surface area contributed by atoms with Crippen LogP contribution in [0.25, 0.3) is 76.2 Å². The molecule has 12 aromatic rings. The van der Waals surface area contributed by atoms with Gasteiger partial charge >= 0.3 is 0 Å². The largest absolute Gasteiger partial charge is 0.456 e. The Balaban J connectivity index is 1.06. The lowest BCUT2D eigenvalue weighted by atomic mass is 9.89. The molecule has 3 heteroatoms. The maximum absolute atomic E-state index is 6.74. The van der Waals surface area contributed by atoms with E-state index in [9.17, 15) is 0 Å². The van der Waals surface area contributed by atoms with Crippen LogP contribution in [0.15, 0.2) is 235 Å². The number of hydrogen-bond donors (Lipinski definition) is 0. The van der Waals surface area contributed by atoms with Crippen molar-refractivity contribution in [3.63, 3.8) is 0 Å². The predicted octanol–water partition coefficient (Wildman–Crippen LogP) is 16.8. The number of furan rings is 1. The van der Waals surface area contributed by atoms with Crippen LogP contribution in [-0.4, -0.2) is 0 Å². The monoisotopic (exact) mass is 778 g/mol. The Kier molecular flexibility index (Phi) is 8.17. The molecule has 11 aromatic carbocycles. The van der Waals surface area contributed by atoms with Gasteiger partial charge in [0.25, 0.3) is 0 Å². The van der Waals surface area contributed by atoms with Gasteiger partial charge in [0.05, 0.1) is 11.4 Å². The maximum atomic E-state index is 6.74. The van der Waals surface area contributed by atoms with Crippen molar-refractivity contribution in [1.82, 2.24) is 0 Å². The molecule has 286 valence electrons. The molecule has 0 aliphatic heterocycles. The van der Waals surface area contributed by atoms with Gasteiger partial charge in [0.2, 0.25) is 0 Å². The summed E-state index contributed by atoms with van der Waals surface area (Å²) in [7, 11) is 0. The summed E-state index contributed by atoms with van der Waals surface area (Å²) in [6.45, 7) is 0. The number of benzene rings is 11. The summed E-state index contributed by atoms with van der Waals surface area (Å²) in [5, 5.41) is 11.8. The fourth-order valence-electron chi connectivity index (χ4n) is 9.57. The molecule has 0 aliphatic rings. The van der Waals surface area contributed by atoms with E-state index in [0.29, 0.717) is 0 Å². The SMILES string of the molecule is c1ccc(N(c2ccccc2)c2c3ccccc3c(-c3ccc(N(c4ccccc4)c4cc5oc6ccc7ccccc7c6c5c5ccccc45)cc3)c3ccccc23)cc1. The Morgan fingerprint density at radius 1 is 0.295 bits per heavy atom. The van der Waals surface area contributed by atoms with Crippen LogP contribution in [-0.2, 0) is 0 Å². The van der Waals surface area contributed by atoms with Crippen molar-refractivity contribution in [3.05, 3.63) is 231 Å². The fourth-order valence-corrected chi connectivity index (χ4v) is 9.57. The first-order valence-electron chi connectivity index (χ1n) is 20.9. The average molecular weight is 779 g/mol. The van der Waals surface area contributed by atoms with Gasteiger partial charge in [-0.25, -0.2) is 0 Å². The van der Waals surface area contributed by atoms with Crippen LogP contribution in [0, 0.1) is 0 Å². The second kappa shape index (κ2) is 14.3. The summed E-state index contributed by atoms with van der Waals surface area (Å²) in [6.07, 6.45) is 0. The third-order valence-electron chi connectivity index (χ3n) is 12.2. The Bertz CT molecular complexity index is 3480. The predicted molar refractivity (Wildman–Crippen MR) is 259 cm³/mol. The number of nitrogens with zero attached hydrogens (tertiary/aromatic N) is 2. The van der Waals surface area contributed by atoms with E-state index in [4.69, 9.17) is 4.42 Å². The van der Waals surface area contributed by atoms with Crippen molar-refractivity contribution in [3.8, 4) is 11.1 Å². The second-order valence-corrected chi connectivity index (χ2v) is 15.6. The molecule has 0 radical (unpaired) electrons. The number of fused-ring (bicyclic) bond motifs is 9. The van der Waals surface area contributed by atoms with E-state index in [1.165, 1.54) is 49.0 Å². The Hall–Kier alpha value is -8.14. The molecule has 0 atom stereocenters. The molecule has 0 amide bonds. The third kappa shape index (κ3) is 5.66. The number of hydrogen-bond acceptors (Lipinski definition) is 3. The molecule has 0 saturated heterocycles. The molecule has 0 saturated carbocycles. The van der Waals surface area contributed by atoms with E-state index in [1.807, 2.05) is 0 Å². The summed E-state index contributed by atoms with van der Waals surface area (Å²) in [5.74, 6) is 0. The van der Waals surface area contributed by atoms with Crippen LogP contribution in [0.2, 0.25) is 0 Å². The van der Waals surface area contributed by atoms with Crippen LogP contribution in [0.1, 0.15) is 0 Å². The Morgan fingerprint density at radius 2 is 0.738 bits per heavy atom. The zero-order valence-corrected chi connectivity index (χ0v) is 33.2. The Labute approximate surface area is 353 Å². The summed E-state index contributed by atoms with van der Waals surface area (Å²) in [5.41, 5.74) is 10.7. The minimum Gasteiger partial charge on any atom is -0.456 e. The van der Waals surface area contributed by atoms with Crippen LogP contribution in [0.3, 0.4) is 0 Å². The van der Waals surface area contributed by atoms with E-state index in [2.05, 4.69) is 240 Å². The van der Waals surface area contributed by atoms with Crippen molar-refractivity contribution in [2.45, 2.75) is 0 Å². The first kappa shape index (κ1) is 34.9. The first-order valence-corrected chi connectivity index (χ1v) is 20.9. The van der Waals surface area contributed by atoms with Gasteiger partial charge < -0.3 is 14.2 Å². The highest BCUT2D eigenvalue weighted by molar-refractivity contribution is 6.28. The van der Waals surface area contributed by atoms with E-state index in [1.54, 1.807) is 0 Å². The van der Waals surface area contributed by atoms with Gasteiger partial charge in [0.15, 0.2) is 0 Å². The molecule has 0 unspecified atom stereocenters.